The molecule has 5 heteroatoms. The van der Waals surface area contributed by atoms with Crippen molar-refractivity contribution in [3.63, 3.8) is 0 Å². The highest BCUT2D eigenvalue weighted by molar-refractivity contribution is 5.89. The predicted molar refractivity (Wildman–Crippen MR) is 99.5 cm³/mol. The Kier molecular flexibility index (Phi) is 5.06. The fraction of sp³-hybridized carbons (Fsp3) is 0. The van der Waals surface area contributed by atoms with Crippen molar-refractivity contribution in [1.29, 1.82) is 5.26 Å². The summed E-state index contributed by atoms with van der Waals surface area (Å²) >= 11 is 0. The van der Waals surface area contributed by atoms with Gasteiger partial charge in [0.25, 0.3) is 5.69 Å². The molecule has 0 atom stereocenters. The van der Waals surface area contributed by atoms with Gasteiger partial charge in [0.2, 0.25) is 0 Å². The van der Waals surface area contributed by atoms with Crippen LogP contribution in [0.3, 0.4) is 0 Å². The Morgan fingerprint density at radius 1 is 0.962 bits per heavy atom. The van der Waals surface area contributed by atoms with Crippen molar-refractivity contribution in [2.24, 2.45) is 0 Å². The van der Waals surface area contributed by atoms with E-state index in [4.69, 9.17) is 4.74 Å². The number of non-ortho nitro benzene ring substituents is 1. The van der Waals surface area contributed by atoms with Crippen LogP contribution in [0.2, 0.25) is 0 Å². The van der Waals surface area contributed by atoms with E-state index in [0.29, 0.717) is 16.9 Å². The van der Waals surface area contributed by atoms with Crippen LogP contribution in [0, 0.1) is 21.4 Å². The Hall–Kier alpha value is -3.91. The summed E-state index contributed by atoms with van der Waals surface area (Å²) in [4.78, 5) is 10.3. The summed E-state index contributed by atoms with van der Waals surface area (Å²) in [6.07, 6.45) is 1.72. The lowest BCUT2D eigenvalue weighted by Crippen LogP contribution is -1.89. The first kappa shape index (κ1) is 16.9. The third-order valence-electron chi connectivity index (χ3n) is 3.66. The highest BCUT2D eigenvalue weighted by Crippen LogP contribution is 2.25. The summed E-state index contributed by atoms with van der Waals surface area (Å²) < 4.78 is 5.79. The molecule has 26 heavy (non-hydrogen) atoms. The second kappa shape index (κ2) is 7.77. The minimum Gasteiger partial charge on any atom is -0.457 e. The molecule has 0 saturated heterocycles. The van der Waals surface area contributed by atoms with E-state index in [2.05, 4.69) is 6.07 Å². The maximum atomic E-state index is 10.7. The molecule has 3 aromatic carbocycles. The number of nitro groups is 1. The fourth-order valence-electron chi connectivity index (χ4n) is 2.40. The molecule has 0 spiro atoms. The van der Waals surface area contributed by atoms with Crippen molar-refractivity contribution >= 4 is 17.3 Å². The lowest BCUT2D eigenvalue weighted by Gasteiger charge is -2.06. The number of hydrogen-bond acceptors (Lipinski definition) is 4. The number of allylic oxidation sites excluding steroid dienone is 1. The summed E-state index contributed by atoms with van der Waals surface area (Å²) in [5, 5.41) is 20.2. The van der Waals surface area contributed by atoms with Crippen LogP contribution in [-0.4, -0.2) is 4.92 Å². The van der Waals surface area contributed by atoms with Gasteiger partial charge >= 0.3 is 0 Å². The van der Waals surface area contributed by atoms with Gasteiger partial charge in [0.05, 0.1) is 16.6 Å². The van der Waals surface area contributed by atoms with Gasteiger partial charge in [0.15, 0.2) is 0 Å². The average molecular weight is 342 g/mol. The van der Waals surface area contributed by atoms with Crippen LogP contribution >= 0.6 is 0 Å². The zero-order valence-corrected chi connectivity index (χ0v) is 13.7. The molecule has 0 bridgehead atoms. The number of ether oxygens (including phenoxy) is 1. The molecule has 0 aliphatic heterocycles. The van der Waals surface area contributed by atoms with Crippen molar-refractivity contribution in [3.8, 4) is 17.6 Å². The summed E-state index contributed by atoms with van der Waals surface area (Å²) in [6, 6.07) is 24.8. The van der Waals surface area contributed by atoms with E-state index in [1.165, 1.54) is 12.1 Å². The first-order valence-corrected chi connectivity index (χ1v) is 7.85. The molecule has 0 unspecified atom stereocenters. The minimum atomic E-state index is -0.468. The molecule has 5 nitrogen and oxygen atoms in total. The number of para-hydroxylation sites is 1. The summed E-state index contributed by atoms with van der Waals surface area (Å²) in [7, 11) is 0. The van der Waals surface area contributed by atoms with E-state index in [-0.39, 0.29) is 5.69 Å². The van der Waals surface area contributed by atoms with E-state index in [1.807, 2.05) is 54.6 Å². The zero-order chi connectivity index (χ0) is 18.4. The van der Waals surface area contributed by atoms with Gasteiger partial charge in [-0.1, -0.05) is 30.3 Å². The van der Waals surface area contributed by atoms with Crippen LogP contribution in [0.1, 0.15) is 11.1 Å². The van der Waals surface area contributed by atoms with Gasteiger partial charge in [-0.05, 0) is 53.6 Å². The highest BCUT2D eigenvalue weighted by atomic mass is 16.6. The van der Waals surface area contributed by atoms with Gasteiger partial charge in [0, 0.05) is 12.1 Å². The zero-order valence-electron chi connectivity index (χ0n) is 13.7. The molecule has 126 valence electrons. The smallest absolute Gasteiger partial charge is 0.269 e. The lowest BCUT2D eigenvalue weighted by molar-refractivity contribution is -0.384. The first-order chi connectivity index (χ1) is 12.7. The van der Waals surface area contributed by atoms with Crippen LogP contribution in [0.4, 0.5) is 5.69 Å². The van der Waals surface area contributed by atoms with Crippen molar-refractivity contribution in [2.45, 2.75) is 0 Å². The van der Waals surface area contributed by atoms with Gasteiger partial charge in [-0.25, -0.2) is 0 Å². The molecule has 0 N–H and O–H groups in total. The van der Waals surface area contributed by atoms with Gasteiger partial charge in [-0.2, -0.15) is 5.26 Å². The third kappa shape index (κ3) is 4.13. The topological polar surface area (TPSA) is 76.2 Å². The van der Waals surface area contributed by atoms with Gasteiger partial charge in [0.1, 0.15) is 11.5 Å². The molecule has 0 aromatic heterocycles. The van der Waals surface area contributed by atoms with E-state index < -0.39 is 4.92 Å². The number of rotatable bonds is 5. The van der Waals surface area contributed by atoms with E-state index in [1.54, 1.807) is 18.2 Å². The van der Waals surface area contributed by atoms with Crippen LogP contribution in [0.25, 0.3) is 11.6 Å². The monoisotopic (exact) mass is 342 g/mol. The van der Waals surface area contributed by atoms with Crippen LogP contribution < -0.4 is 4.74 Å². The van der Waals surface area contributed by atoms with Crippen molar-refractivity contribution < 1.29 is 9.66 Å². The maximum absolute atomic E-state index is 10.7. The van der Waals surface area contributed by atoms with Crippen LogP contribution in [0.15, 0.2) is 78.9 Å². The van der Waals surface area contributed by atoms with Gasteiger partial charge in [-0.3, -0.25) is 10.1 Å². The standard InChI is InChI=1S/C21H14N2O3/c22-15-18(17-9-11-19(12-10-17)23(24)25)13-16-5-4-8-21(14-16)26-20-6-2-1-3-7-20/h1-14H. The number of nitriles is 1. The number of nitro benzene ring substituents is 1. The maximum Gasteiger partial charge on any atom is 0.269 e. The molecule has 0 saturated carbocycles. The number of nitrogens with zero attached hydrogens (tertiary/aromatic N) is 2. The summed E-state index contributed by atoms with van der Waals surface area (Å²) in [5.74, 6) is 1.38. The number of hydrogen-bond donors (Lipinski definition) is 0. The Bertz CT molecular complexity index is 988. The second-order valence-corrected chi connectivity index (χ2v) is 5.46. The highest BCUT2D eigenvalue weighted by Gasteiger charge is 2.07. The van der Waals surface area contributed by atoms with E-state index >= 15 is 0 Å². The van der Waals surface area contributed by atoms with Crippen LogP contribution in [-0.2, 0) is 0 Å². The quantitative estimate of drug-likeness (QED) is 0.267. The normalized spacial score (nSPS) is 10.8. The van der Waals surface area contributed by atoms with Crippen molar-refractivity contribution in [1.82, 2.24) is 0 Å². The van der Waals surface area contributed by atoms with Gasteiger partial charge < -0.3 is 4.74 Å². The number of benzene rings is 3. The summed E-state index contributed by atoms with van der Waals surface area (Å²) in [5.41, 5.74) is 1.82. The minimum absolute atomic E-state index is 0.00991. The largest absolute Gasteiger partial charge is 0.457 e. The molecule has 0 fully saturated rings. The molecular formula is C21H14N2O3. The first-order valence-electron chi connectivity index (χ1n) is 7.85. The molecular weight excluding hydrogens is 328 g/mol. The summed E-state index contributed by atoms with van der Waals surface area (Å²) in [6.45, 7) is 0. The van der Waals surface area contributed by atoms with E-state index in [0.717, 1.165) is 11.3 Å². The SMILES string of the molecule is N#CC(=Cc1cccc(Oc2ccccc2)c1)c1ccc([N+](=O)[O-])cc1. The lowest BCUT2D eigenvalue weighted by atomic mass is 10.0. The average Bonchev–Trinajstić information content (AvgIpc) is 2.67. The molecule has 3 aromatic rings. The molecule has 0 radical (unpaired) electrons. The Morgan fingerprint density at radius 3 is 2.31 bits per heavy atom. The molecule has 0 aliphatic carbocycles. The van der Waals surface area contributed by atoms with Crippen LogP contribution in [0.5, 0.6) is 11.5 Å². The Labute approximate surface area is 150 Å². The molecule has 0 heterocycles. The van der Waals surface area contributed by atoms with Gasteiger partial charge in [-0.15, -0.1) is 0 Å². The predicted octanol–water partition coefficient (Wildman–Crippen LogP) is 5.45. The molecule has 0 amide bonds. The molecule has 3 rings (SSSR count). The van der Waals surface area contributed by atoms with Crippen molar-refractivity contribution in [3.05, 3.63) is 100 Å². The molecule has 0 aliphatic rings. The Morgan fingerprint density at radius 2 is 1.65 bits per heavy atom. The Balaban J connectivity index is 1.86. The van der Waals surface area contributed by atoms with Crippen molar-refractivity contribution in [2.75, 3.05) is 0 Å². The third-order valence-corrected chi connectivity index (χ3v) is 3.66. The fourth-order valence-corrected chi connectivity index (χ4v) is 2.40. The second-order valence-electron chi connectivity index (χ2n) is 5.46. The van der Waals surface area contributed by atoms with E-state index in [9.17, 15) is 15.4 Å².